The number of amides is 1. The zero-order valence-electron chi connectivity index (χ0n) is 15.1. The fourth-order valence-electron chi connectivity index (χ4n) is 3.27. The SMILES string of the molecule is O=C1C(=O)N(CCCO)[C@@H](c2cccc([N+](=O)[O-])c2)C1=C(O)c1ccc(Cl)cc1. The van der Waals surface area contributed by atoms with E-state index in [0.29, 0.717) is 10.6 Å². The number of nitro benzene ring substituents is 1. The molecule has 0 aromatic heterocycles. The van der Waals surface area contributed by atoms with Crippen molar-refractivity contribution in [3.05, 3.63) is 80.4 Å². The summed E-state index contributed by atoms with van der Waals surface area (Å²) >= 11 is 5.87. The zero-order chi connectivity index (χ0) is 21.1. The van der Waals surface area contributed by atoms with Crippen molar-refractivity contribution >= 4 is 34.7 Å². The molecule has 1 aliphatic heterocycles. The van der Waals surface area contributed by atoms with Gasteiger partial charge in [-0.05, 0) is 36.2 Å². The molecule has 0 unspecified atom stereocenters. The molecule has 1 amide bonds. The predicted molar refractivity (Wildman–Crippen MR) is 105 cm³/mol. The van der Waals surface area contributed by atoms with Gasteiger partial charge in [0.05, 0.1) is 16.5 Å². The Bertz CT molecular complexity index is 1000. The number of nitro groups is 1. The van der Waals surface area contributed by atoms with Gasteiger partial charge in [-0.25, -0.2) is 0 Å². The number of likely N-dealkylation sites (tertiary alicyclic amines) is 1. The molecule has 9 heteroatoms. The smallest absolute Gasteiger partial charge is 0.295 e. The first kappa shape index (κ1) is 20.5. The van der Waals surface area contributed by atoms with Crippen molar-refractivity contribution in [3.63, 3.8) is 0 Å². The Morgan fingerprint density at radius 2 is 1.86 bits per heavy atom. The Balaban J connectivity index is 2.18. The molecular weight excluding hydrogens is 400 g/mol. The van der Waals surface area contributed by atoms with Crippen LogP contribution in [-0.4, -0.2) is 44.9 Å². The van der Waals surface area contributed by atoms with E-state index in [2.05, 4.69) is 0 Å². The minimum atomic E-state index is -1.02. The van der Waals surface area contributed by atoms with Gasteiger partial charge in [-0.2, -0.15) is 0 Å². The van der Waals surface area contributed by atoms with Crippen LogP contribution in [0, 0.1) is 10.1 Å². The molecule has 0 radical (unpaired) electrons. The van der Waals surface area contributed by atoms with Gasteiger partial charge >= 0.3 is 0 Å². The fraction of sp³-hybridized carbons (Fsp3) is 0.200. The molecule has 3 rings (SSSR count). The van der Waals surface area contributed by atoms with Crippen molar-refractivity contribution in [3.8, 4) is 0 Å². The number of carbonyl (C=O) groups is 2. The van der Waals surface area contributed by atoms with Crippen LogP contribution in [0.15, 0.2) is 54.1 Å². The van der Waals surface area contributed by atoms with E-state index in [4.69, 9.17) is 16.7 Å². The van der Waals surface area contributed by atoms with Gasteiger partial charge in [-0.1, -0.05) is 23.7 Å². The van der Waals surface area contributed by atoms with E-state index in [9.17, 15) is 24.8 Å². The summed E-state index contributed by atoms with van der Waals surface area (Å²) in [6.07, 6.45) is 0.208. The Kier molecular flexibility index (Phi) is 5.95. The summed E-state index contributed by atoms with van der Waals surface area (Å²) in [5, 5.41) is 31.6. The van der Waals surface area contributed by atoms with Crippen LogP contribution >= 0.6 is 11.6 Å². The van der Waals surface area contributed by atoms with Crippen LogP contribution < -0.4 is 0 Å². The third kappa shape index (κ3) is 3.98. The molecular formula is C20H17ClN2O6. The van der Waals surface area contributed by atoms with Gasteiger partial charge in [-0.3, -0.25) is 19.7 Å². The van der Waals surface area contributed by atoms with Crippen LogP contribution in [0.2, 0.25) is 5.02 Å². The highest BCUT2D eigenvalue weighted by atomic mass is 35.5. The quantitative estimate of drug-likeness (QED) is 0.245. The highest BCUT2D eigenvalue weighted by Gasteiger charge is 2.46. The molecule has 29 heavy (non-hydrogen) atoms. The normalized spacial score (nSPS) is 18.3. The van der Waals surface area contributed by atoms with E-state index in [-0.39, 0.29) is 36.4 Å². The molecule has 2 N–H and O–H groups in total. The van der Waals surface area contributed by atoms with Crippen molar-refractivity contribution in [1.82, 2.24) is 4.90 Å². The molecule has 2 aromatic rings. The second kappa shape index (κ2) is 8.42. The topological polar surface area (TPSA) is 121 Å². The summed E-state index contributed by atoms with van der Waals surface area (Å²) in [5.74, 6) is -2.14. The largest absolute Gasteiger partial charge is 0.507 e. The summed E-state index contributed by atoms with van der Waals surface area (Å²) in [7, 11) is 0. The lowest BCUT2D eigenvalue weighted by molar-refractivity contribution is -0.384. The van der Waals surface area contributed by atoms with E-state index in [1.54, 1.807) is 6.07 Å². The lowest BCUT2D eigenvalue weighted by atomic mass is 9.95. The average Bonchev–Trinajstić information content (AvgIpc) is 2.97. The van der Waals surface area contributed by atoms with E-state index in [1.165, 1.54) is 47.4 Å². The molecule has 1 heterocycles. The summed E-state index contributed by atoms with van der Waals surface area (Å²) in [6, 6.07) is 10.6. The average molecular weight is 417 g/mol. The second-order valence-corrected chi connectivity index (χ2v) is 6.87. The van der Waals surface area contributed by atoms with E-state index >= 15 is 0 Å². The molecule has 1 fully saturated rings. The van der Waals surface area contributed by atoms with Gasteiger partial charge in [0, 0.05) is 35.9 Å². The maximum Gasteiger partial charge on any atom is 0.295 e. The Morgan fingerprint density at radius 3 is 2.48 bits per heavy atom. The van der Waals surface area contributed by atoms with Gasteiger partial charge in [0.25, 0.3) is 17.4 Å². The summed E-state index contributed by atoms with van der Waals surface area (Å²) in [4.78, 5) is 37.1. The van der Waals surface area contributed by atoms with E-state index in [1.807, 2.05) is 0 Å². The number of rotatable bonds is 6. The van der Waals surface area contributed by atoms with Gasteiger partial charge in [-0.15, -0.1) is 0 Å². The first-order valence-corrected chi connectivity index (χ1v) is 9.12. The van der Waals surface area contributed by atoms with Crippen molar-refractivity contribution in [2.75, 3.05) is 13.2 Å². The number of carbonyl (C=O) groups excluding carboxylic acids is 2. The number of Topliss-reactive ketones (excluding diaryl/α,β-unsaturated/α-hetero) is 1. The highest BCUT2D eigenvalue weighted by Crippen LogP contribution is 2.40. The molecule has 0 bridgehead atoms. The number of benzene rings is 2. The number of non-ortho nitro benzene ring substituents is 1. The number of aliphatic hydroxyl groups excluding tert-OH is 2. The van der Waals surface area contributed by atoms with Crippen molar-refractivity contribution in [2.45, 2.75) is 12.5 Å². The number of hydrogen-bond acceptors (Lipinski definition) is 6. The van der Waals surface area contributed by atoms with Gasteiger partial charge in [0.1, 0.15) is 5.76 Å². The lowest BCUT2D eigenvalue weighted by Gasteiger charge is -2.25. The third-order valence-corrected chi connectivity index (χ3v) is 4.86. The molecule has 8 nitrogen and oxygen atoms in total. The minimum absolute atomic E-state index is 0.0475. The number of aliphatic hydroxyl groups is 2. The first-order chi connectivity index (χ1) is 13.8. The third-order valence-electron chi connectivity index (χ3n) is 4.61. The van der Waals surface area contributed by atoms with Crippen molar-refractivity contribution in [2.24, 2.45) is 0 Å². The molecule has 2 aromatic carbocycles. The van der Waals surface area contributed by atoms with Crippen molar-refractivity contribution < 1.29 is 24.7 Å². The maximum absolute atomic E-state index is 12.7. The van der Waals surface area contributed by atoms with Gasteiger partial charge in [0.2, 0.25) is 0 Å². The monoisotopic (exact) mass is 416 g/mol. The molecule has 1 aliphatic rings. The lowest BCUT2D eigenvalue weighted by Crippen LogP contribution is -2.31. The molecule has 1 saturated heterocycles. The Hall–Kier alpha value is -3.23. The molecule has 150 valence electrons. The van der Waals surface area contributed by atoms with Gasteiger partial charge in [0.15, 0.2) is 0 Å². The standard InChI is InChI=1S/C20H17ClN2O6/c21-14-7-5-12(6-8-14)18(25)16-17(13-3-1-4-15(11-13)23(28)29)22(9-2-10-24)20(27)19(16)26/h1,3-8,11,17,24-25H,2,9-10H2/t17-/m0/s1. The Labute approximate surface area is 170 Å². The zero-order valence-corrected chi connectivity index (χ0v) is 15.9. The molecule has 0 aliphatic carbocycles. The summed E-state index contributed by atoms with van der Waals surface area (Å²) < 4.78 is 0. The number of hydrogen-bond donors (Lipinski definition) is 2. The van der Waals surface area contributed by atoms with Gasteiger partial charge < -0.3 is 15.1 Å². The summed E-state index contributed by atoms with van der Waals surface area (Å²) in [5.41, 5.74) is 0.217. The van der Waals surface area contributed by atoms with E-state index < -0.39 is 28.4 Å². The van der Waals surface area contributed by atoms with Crippen LogP contribution in [0.3, 0.4) is 0 Å². The van der Waals surface area contributed by atoms with Crippen LogP contribution in [0.4, 0.5) is 5.69 Å². The molecule has 1 atom stereocenters. The number of halogens is 1. The minimum Gasteiger partial charge on any atom is -0.507 e. The second-order valence-electron chi connectivity index (χ2n) is 6.43. The van der Waals surface area contributed by atoms with Crippen molar-refractivity contribution in [1.29, 1.82) is 0 Å². The Morgan fingerprint density at radius 1 is 1.17 bits per heavy atom. The molecule has 0 saturated carbocycles. The molecule has 0 spiro atoms. The van der Waals surface area contributed by atoms with Crippen LogP contribution in [0.5, 0.6) is 0 Å². The van der Waals surface area contributed by atoms with Crippen LogP contribution in [-0.2, 0) is 9.59 Å². The number of nitrogens with zero attached hydrogens (tertiary/aromatic N) is 2. The number of ketones is 1. The van der Waals surface area contributed by atoms with Crippen LogP contribution in [0.25, 0.3) is 5.76 Å². The van der Waals surface area contributed by atoms with Crippen LogP contribution in [0.1, 0.15) is 23.6 Å². The summed E-state index contributed by atoms with van der Waals surface area (Å²) in [6.45, 7) is -0.159. The fourth-order valence-corrected chi connectivity index (χ4v) is 3.40. The predicted octanol–water partition coefficient (Wildman–Crippen LogP) is 3.05. The maximum atomic E-state index is 12.7. The highest BCUT2D eigenvalue weighted by molar-refractivity contribution is 6.46. The first-order valence-electron chi connectivity index (χ1n) is 8.74. The van der Waals surface area contributed by atoms with E-state index in [0.717, 1.165) is 0 Å².